The molecule has 0 spiro atoms. The van der Waals surface area contributed by atoms with Crippen molar-refractivity contribution >= 4 is 23.3 Å². The number of rotatable bonds is 1. The predicted molar refractivity (Wildman–Crippen MR) is 85.0 cm³/mol. The highest BCUT2D eigenvalue weighted by atomic mass is 19.1. The van der Waals surface area contributed by atoms with Crippen molar-refractivity contribution in [2.75, 3.05) is 0 Å². The van der Waals surface area contributed by atoms with E-state index in [2.05, 4.69) is 16.7 Å². The number of aromatic nitrogens is 1. The van der Waals surface area contributed by atoms with Crippen LogP contribution in [0.1, 0.15) is 29.7 Å². The second kappa shape index (κ2) is 4.56. The standard InChI is InChI=1S/C17H14FN3O/c1-11-3-2-4-16-15(11)9-12-10-19-21(22,17(12)20-16)14-7-5-13(18)6-8-14/h5-10H,1-4H2. The van der Waals surface area contributed by atoms with Crippen LogP contribution in [0.25, 0.3) is 5.57 Å². The third kappa shape index (κ3) is 1.83. The lowest BCUT2D eigenvalue weighted by Gasteiger charge is -2.31. The van der Waals surface area contributed by atoms with Crippen LogP contribution in [0.5, 0.6) is 0 Å². The van der Waals surface area contributed by atoms with Crippen LogP contribution < -0.4 is 4.76 Å². The van der Waals surface area contributed by atoms with Gasteiger partial charge in [0.2, 0.25) is 0 Å². The quantitative estimate of drug-likeness (QED) is 0.588. The Labute approximate surface area is 127 Å². The van der Waals surface area contributed by atoms with Crippen molar-refractivity contribution in [3.8, 4) is 0 Å². The molecule has 0 radical (unpaired) electrons. The Kier molecular flexibility index (Phi) is 2.76. The van der Waals surface area contributed by atoms with Crippen LogP contribution in [0.15, 0.2) is 42.0 Å². The van der Waals surface area contributed by atoms with Gasteiger partial charge in [-0.2, -0.15) is 4.98 Å². The smallest absolute Gasteiger partial charge is 0.269 e. The Hall–Kier alpha value is -2.37. The third-order valence-corrected chi connectivity index (χ3v) is 4.21. The van der Waals surface area contributed by atoms with Crippen LogP contribution in [0.3, 0.4) is 0 Å². The van der Waals surface area contributed by atoms with E-state index in [9.17, 15) is 9.60 Å². The van der Waals surface area contributed by atoms with Gasteiger partial charge in [0.05, 0.1) is 17.5 Å². The van der Waals surface area contributed by atoms with Crippen molar-refractivity contribution in [1.29, 1.82) is 0 Å². The molecule has 2 aliphatic rings. The molecule has 1 unspecified atom stereocenters. The Morgan fingerprint density at radius 1 is 1.18 bits per heavy atom. The number of allylic oxidation sites excluding steroid dienone is 1. The van der Waals surface area contributed by atoms with Gasteiger partial charge in [0, 0.05) is 12.1 Å². The number of hydrogen-bond acceptors (Lipinski definition) is 3. The van der Waals surface area contributed by atoms with Gasteiger partial charge in [0.15, 0.2) is 5.69 Å². The number of halogens is 1. The second-order valence-corrected chi connectivity index (χ2v) is 5.65. The molecule has 22 heavy (non-hydrogen) atoms. The number of hydrogen-bond donors (Lipinski definition) is 0. The van der Waals surface area contributed by atoms with Gasteiger partial charge in [-0.3, -0.25) is 0 Å². The molecule has 1 atom stereocenters. The summed E-state index contributed by atoms with van der Waals surface area (Å²) in [6.07, 6.45) is 4.33. The van der Waals surface area contributed by atoms with Gasteiger partial charge < -0.3 is 5.21 Å². The highest BCUT2D eigenvalue weighted by Crippen LogP contribution is 2.41. The number of nitrogens with zero attached hydrogens (tertiary/aromatic N) is 3. The topological polar surface area (TPSA) is 48.3 Å². The molecule has 0 bridgehead atoms. The molecule has 0 amide bonds. The fraction of sp³-hybridized carbons (Fsp3) is 0.176. The molecular formula is C17H14FN3O. The van der Waals surface area contributed by atoms with E-state index < -0.39 is 4.76 Å². The van der Waals surface area contributed by atoms with E-state index in [0.717, 1.165) is 36.1 Å². The highest BCUT2D eigenvalue weighted by molar-refractivity contribution is 5.93. The van der Waals surface area contributed by atoms with Crippen LogP contribution in [0, 0.1) is 11.0 Å². The van der Waals surface area contributed by atoms with Crippen molar-refractivity contribution in [2.45, 2.75) is 19.3 Å². The average Bonchev–Trinajstić information content (AvgIpc) is 2.85. The second-order valence-electron chi connectivity index (χ2n) is 5.65. The first-order valence-corrected chi connectivity index (χ1v) is 7.22. The molecule has 0 fully saturated rings. The predicted octanol–water partition coefficient (Wildman–Crippen LogP) is 4.05. The lowest BCUT2D eigenvalue weighted by molar-refractivity contribution is 0.536. The first-order chi connectivity index (χ1) is 10.6. The Morgan fingerprint density at radius 3 is 2.73 bits per heavy atom. The van der Waals surface area contributed by atoms with Crippen molar-refractivity contribution in [1.82, 2.24) is 9.74 Å². The Bertz CT molecular complexity index is 813. The normalized spacial score (nSPS) is 22.5. The summed E-state index contributed by atoms with van der Waals surface area (Å²) in [5, 5.41) is 17.2. The molecule has 4 nitrogen and oxygen atoms in total. The lowest BCUT2D eigenvalue weighted by Crippen LogP contribution is -2.30. The number of quaternary nitrogens is 1. The minimum Gasteiger partial charge on any atom is -0.593 e. The minimum absolute atomic E-state index is 0.346. The molecule has 110 valence electrons. The van der Waals surface area contributed by atoms with E-state index >= 15 is 0 Å². The first-order valence-electron chi connectivity index (χ1n) is 7.22. The van der Waals surface area contributed by atoms with E-state index in [1.807, 2.05) is 6.07 Å². The summed E-state index contributed by atoms with van der Waals surface area (Å²) in [5.41, 5.74) is 4.05. The lowest BCUT2D eigenvalue weighted by atomic mass is 9.91. The van der Waals surface area contributed by atoms with E-state index in [1.54, 1.807) is 6.21 Å². The maximum absolute atomic E-state index is 13.1. The van der Waals surface area contributed by atoms with Gasteiger partial charge in [-0.15, -0.1) is 4.76 Å². The van der Waals surface area contributed by atoms with E-state index in [4.69, 9.17) is 0 Å². The molecule has 0 saturated carbocycles. The summed E-state index contributed by atoms with van der Waals surface area (Å²) in [5.74, 6) is -0.0338. The number of fused-ring (bicyclic) bond motifs is 2. The van der Waals surface area contributed by atoms with Gasteiger partial charge in [-0.1, -0.05) is 11.7 Å². The molecule has 0 saturated heterocycles. The summed E-state index contributed by atoms with van der Waals surface area (Å²) in [6.45, 7) is 4.08. The van der Waals surface area contributed by atoms with E-state index in [0.29, 0.717) is 17.1 Å². The van der Waals surface area contributed by atoms with Gasteiger partial charge in [-0.05, 0) is 48.6 Å². The first kappa shape index (κ1) is 13.3. The zero-order valence-electron chi connectivity index (χ0n) is 11.9. The Balaban J connectivity index is 1.87. The monoisotopic (exact) mass is 295 g/mol. The van der Waals surface area contributed by atoms with E-state index in [-0.39, 0.29) is 5.82 Å². The zero-order chi connectivity index (χ0) is 15.3. The van der Waals surface area contributed by atoms with Gasteiger partial charge in [0.1, 0.15) is 5.82 Å². The van der Waals surface area contributed by atoms with Crippen LogP contribution >= 0.6 is 0 Å². The fourth-order valence-corrected chi connectivity index (χ4v) is 3.02. The van der Waals surface area contributed by atoms with Crippen molar-refractivity contribution in [3.05, 3.63) is 64.8 Å². The van der Waals surface area contributed by atoms with Gasteiger partial charge in [-0.25, -0.2) is 4.39 Å². The summed E-state index contributed by atoms with van der Waals surface area (Å²) in [6, 6.07) is 7.38. The molecule has 2 aromatic rings. The zero-order valence-corrected chi connectivity index (χ0v) is 11.9. The summed E-state index contributed by atoms with van der Waals surface area (Å²) in [7, 11) is 0. The largest absolute Gasteiger partial charge is 0.593 e. The molecular weight excluding hydrogens is 281 g/mol. The van der Waals surface area contributed by atoms with Crippen LogP contribution in [-0.4, -0.2) is 11.2 Å². The molecule has 4 rings (SSSR count). The van der Waals surface area contributed by atoms with Crippen molar-refractivity contribution < 1.29 is 4.39 Å². The minimum atomic E-state index is -1.02. The van der Waals surface area contributed by atoms with Crippen molar-refractivity contribution in [3.63, 3.8) is 0 Å². The molecule has 2 heterocycles. The fourth-order valence-electron chi connectivity index (χ4n) is 3.02. The molecule has 1 aromatic heterocycles. The summed E-state index contributed by atoms with van der Waals surface area (Å²) in [4.78, 5) is 4.58. The molecule has 0 N–H and O–H groups in total. The summed E-state index contributed by atoms with van der Waals surface area (Å²) < 4.78 is 12.1. The highest BCUT2D eigenvalue weighted by Gasteiger charge is 2.35. The average molecular weight is 295 g/mol. The van der Waals surface area contributed by atoms with Crippen LogP contribution in [0.2, 0.25) is 0 Å². The maximum Gasteiger partial charge on any atom is 0.269 e. The Morgan fingerprint density at radius 2 is 1.95 bits per heavy atom. The van der Waals surface area contributed by atoms with Crippen molar-refractivity contribution in [2.24, 2.45) is 5.10 Å². The third-order valence-electron chi connectivity index (χ3n) is 4.21. The molecule has 1 aliphatic carbocycles. The number of benzene rings is 1. The van der Waals surface area contributed by atoms with Crippen LogP contribution in [0.4, 0.5) is 15.9 Å². The summed E-state index contributed by atoms with van der Waals surface area (Å²) >= 11 is 0. The van der Waals surface area contributed by atoms with Gasteiger partial charge >= 0.3 is 0 Å². The molecule has 1 aliphatic heterocycles. The number of pyridine rings is 1. The van der Waals surface area contributed by atoms with Crippen LogP contribution in [-0.2, 0) is 6.42 Å². The van der Waals surface area contributed by atoms with E-state index in [1.165, 1.54) is 24.3 Å². The number of aryl methyl sites for hydroxylation is 1. The molecule has 1 aromatic carbocycles. The molecule has 5 heteroatoms. The maximum atomic E-state index is 13.1. The SMILES string of the molecule is C=C1CCCc2nc3c(cc21)C=N[N+]3([O-])c1ccc(F)cc1. The van der Waals surface area contributed by atoms with Gasteiger partial charge in [0.25, 0.3) is 5.82 Å².